The molecule has 0 aliphatic heterocycles. The topological polar surface area (TPSA) is 26.3 Å². The molecule has 0 amide bonds. The van der Waals surface area contributed by atoms with Gasteiger partial charge in [0.05, 0.1) is 12.7 Å². The highest BCUT2D eigenvalue weighted by molar-refractivity contribution is 6.10. The van der Waals surface area contributed by atoms with Gasteiger partial charge in [-0.1, -0.05) is 45.0 Å². The largest absolute Gasteiger partial charge is 0.496 e. The lowest BCUT2D eigenvalue weighted by Gasteiger charge is -2.19. The monoisotopic (exact) mass is 286 g/mol. The number of benzene rings is 2. The van der Waals surface area contributed by atoms with E-state index >= 15 is 0 Å². The van der Waals surface area contributed by atoms with E-state index in [1.165, 1.54) is 25.3 Å². The first-order valence-corrected chi connectivity index (χ1v) is 6.81. The number of carbonyl (C=O) groups excluding carboxylic acids is 1. The summed E-state index contributed by atoms with van der Waals surface area (Å²) in [5, 5.41) is 0. The summed E-state index contributed by atoms with van der Waals surface area (Å²) in [5.41, 5.74) is 1.93. The summed E-state index contributed by atoms with van der Waals surface area (Å²) in [4.78, 5) is 12.5. The molecule has 0 unspecified atom stereocenters. The molecular formula is C18H19FO2. The van der Waals surface area contributed by atoms with Crippen molar-refractivity contribution in [2.45, 2.75) is 26.2 Å². The predicted octanol–water partition coefficient (Wildman–Crippen LogP) is 4.36. The molecule has 0 saturated heterocycles. The second-order valence-corrected chi connectivity index (χ2v) is 6.00. The van der Waals surface area contributed by atoms with Crippen LogP contribution in [-0.4, -0.2) is 12.9 Å². The molecule has 0 aromatic heterocycles. The number of rotatable bonds is 3. The summed E-state index contributed by atoms with van der Waals surface area (Å²) in [6.07, 6.45) is 0. The Hall–Kier alpha value is -2.16. The van der Waals surface area contributed by atoms with Gasteiger partial charge in [-0.15, -0.1) is 0 Å². The van der Waals surface area contributed by atoms with Crippen LogP contribution in [0.3, 0.4) is 0 Å². The average Bonchev–Trinajstić information content (AvgIpc) is 2.45. The van der Waals surface area contributed by atoms with Crippen molar-refractivity contribution >= 4 is 5.78 Å². The fourth-order valence-electron chi connectivity index (χ4n) is 2.13. The molecule has 0 spiro atoms. The summed E-state index contributed by atoms with van der Waals surface area (Å²) < 4.78 is 18.5. The molecule has 2 aromatic rings. The molecule has 0 aliphatic carbocycles. The van der Waals surface area contributed by atoms with E-state index in [1.54, 1.807) is 12.1 Å². The van der Waals surface area contributed by atoms with E-state index in [-0.39, 0.29) is 16.8 Å². The molecule has 0 radical (unpaired) electrons. The van der Waals surface area contributed by atoms with E-state index in [0.29, 0.717) is 11.3 Å². The second-order valence-electron chi connectivity index (χ2n) is 6.00. The molecule has 110 valence electrons. The number of ketones is 1. The van der Waals surface area contributed by atoms with Gasteiger partial charge in [0.25, 0.3) is 0 Å². The van der Waals surface area contributed by atoms with Gasteiger partial charge in [-0.25, -0.2) is 4.39 Å². The summed E-state index contributed by atoms with van der Waals surface area (Å²) in [6, 6.07) is 11.3. The Morgan fingerprint density at radius 3 is 2.19 bits per heavy atom. The Labute approximate surface area is 124 Å². The lowest BCUT2D eigenvalue weighted by atomic mass is 9.86. The second kappa shape index (κ2) is 5.68. The van der Waals surface area contributed by atoms with Gasteiger partial charge >= 0.3 is 0 Å². The van der Waals surface area contributed by atoms with Crippen molar-refractivity contribution in [2.75, 3.05) is 7.11 Å². The molecule has 3 heteroatoms. The Morgan fingerprint density at radius 1 is 1.05 bits per heavy atom. The maximum Gasteiger partial charge on any atom is 0.196 e. The average molecular weight is 286 g/mol. The van der Waals surface area contributed by atoms with Crippen LogP contribution in [0.1, 0.15) is 42.3 Å². The first kappa shape index (κ1) is 15.2. The minimum Gasteiger partial charge on any atom is -0.496 e. The molecular weight excluding hydrogens is 267 g/mol. The van der Waals surface area contributed by atoms with Gasteiger partial charge in [-0.2, -0.15) is 0 Å². The van der Waals surface area contributed by atoms with Crippen molar-refractivity contribution in [3.05, 3.63) is 65.0 Å². The van der Waals surface area contributed by atoms with Gasteiger partial charge in [0.15, 0.2) is 5.78 Å². The van der Waals surface area contributed by atoms with Crippen LogP contribution in [0, 0.1) is 5.82 Å². The Balaban J connectivity index is 2.39. The minimum absolute atomic E-state index is 0.0259. The van der Waals surface area contributed by atoms with Crippen molar-refractivity contribution in [3.63, 3.8) is 0 Å². The number of halogens is 1. The number of hydrogen-bond acceptors (Lipinski definition) is 2. The van der Waals surface area contributed by atoms with E-state index in [4.69, 9.17) is 4.74 Å². The van der Waals surface area contributed by atoms with E-state index in [9.17, 15) is 9.18 Å². The summed E-state index contributed by atoms with van der Waals surface area (Å²) in [6.45, 7) is 6.33. The zero-order valence-corrected chi connectivity index (χ0v) is 12.7. The molecule has 0 heterocycles. The molecule has 0 saturated carbocycles. The number of ether oxygens (including phenoxy) is 1. The molecule has 2 aromatic carbocycles. The Bertz CT molecular complexity index is 652. The van der Waals surface area contributed by atoms with Gasteiger partial charge in [0.2, 0.25) is 0 Å². The van der Waals surface area contributed by atoms with Gasteiger partial charge < -0.3 is 4.74 Å². The third-order valence-electron chi connectivity index (χ3n) is 3.42. The van der Waals surface area contributed by atoms with E-state index in [2.05, 4.69) is 20.8 Å². The molecule has 0 N–H and O–H groups in total. The minimum atomic E-state index is -0.453. The Morgan fingerprint density at radius 2 is 1.67 bits per heavy atom. The van der Waals surface area contributed by atoms with Crippen LogP contribution < -0.4 is 4.74 Å². The highest BCUT2D eigenvalue weighted by atomic mass is 19.1. The third kappa shape index (κ3) is 3.30. The van der Waals surface area contributed by atoms with Crippen molar-refractivity contribution in [3.8, 4) is 5.75 Å². The lowest BCUT2D eigenvalue weighted by molar-refractivity contribution is 0.103. The van der Waals surface area contributed by atoms with Gasteiger partial charge in [0, 0.05) is 5.56 Å². The van der Waals surface area contributed by atoms with Gasteiger partial charge in [-0.05, 0) is 29.2 Å². The van der Waals surface area contributed by atoms with E-state index in [1.807, 2.05) is 12.1 Å². The van der Waals surface area contributed by atoms with Crippen molar-refractivity contribution in [1.82, 2.24) is 0 Å². The molecule has 0 fully saturated rings. The molecule has 21 heavy (non-hydrogen) atoms. The molecule has 0 bridgehead atoms. The van der Waals surface area contributed by atoms with Gasteiger partial charge in [0.1, 0.15) is 11.6 Å². The SMILES string of the molecule is COc1ccc(F)cc1C(=O)c1ccc(C(C)(C)C)cc1. The number of hydrogen-bond donors (Lipinski definition) is 0. The van der Waals surface area contributed by atoms with Crippen molar-refractivity contribution in [2.24, 2.45) is 0 Å². The zero-order valence-electron chi connectivity index (χ0n) is 12.7. The van der Waals surface area contributed by atoms with E-state index < -0.39 is 5.82 Å². The van der Waals surface area contributed by atoms with Crippen LogP contribution in [0.4, 0.5) is 4.39 Å². The highest BCUT2D eigenvalue weighted by Gasteiger charge is 2.17. The van der Waals surface area contributed by atoms with Crippen LogP contribution in [0.25, 0.3) is 0 Å². The van der Waals surface area contributed by atoms with Crippen LogP contribution in [-0.2, 0) is 5.41 Å². The lowest BCUT2D eigenvalue weighted by Crippen LogP contribution is -2.11. The maximum absolute atomic E-state index is 13.4. The summed E-state index contributed by atoms with van der Waals surface area (Å²) >= 11 is 0. The number of carbonyl (C=O) groups is 1. The smallest absolute Gasteiger partial charge is 0.196 e. The van der Waals surface area contributed by atoms with Crippen LogP contribution >= 0.6 is 0 Å². The van der Waals surface area contributed by atoms with Gasteiger partial charge in [-0.3, -0.25) is 4.79 Å². The van der Waals surface area contributed by atoms with Crippen LogP contribution in [0.15, 0.2) is 42.5 Å². The molecule has 2 nitrogen and oxygen atoms in total. The van der Waals surface area contributed by atoms with Crippen LogP contribution in [0.2, 0.25) is 0 Å². The third-order valence-corrected chi connectivity index (χ3v) is 3.42. The maximum atomic E-state index is 13.4. The summed E-state index contributed by atoms with van der Waals surface area (Å²) in [7, 11) is 1.46. The normalized spacial score (nSPS) is 11.3. The zero-order chi connectivity index (χ0) is 15.6. The van der Waals surface area contributed by atoms with Crippen LogP contribution in [0.5, 0.6) is 5.75 Å². The highest BCUT2D eigenvalue weighted by Crippen LogP contribution is 2.25. The first-order chi connectivity index (χ1) is 9.82. The molecule has 0 aliphatic rings. The molecule has 2 rings (SSSR count). The Kier molecular flexibility index (Phi) is 4.12. The summed E-state index contributed by atoms with van der Waals surface area (Å²) in [5.74, 6) is -0.321. The van der Waals surface area contributed by atoms with Crippen molar-refractivity contribution in [1.29, 1.82) is 0 Å². The van der Waals surface area contributed by atoms with Crippen molar-refractivity contribution < 1.29 is 13.9 Å². The van der Waals surface area contributed by atoms with E-state index in [0.717, 1.165) is 5.56 Å². The number of methoxy groups -OCH3 is 1. The standard InChI is InChI=1S/C18H19FO2/c1-18(2,3)13-7-5-12(6-8-13)17(20)15-11-14(19)9-10-16(15)21-4/h5-11H,1-4H3. The molecule has 0 atom stereocenters. The fourth-order valence-corrected chi connectivity index (χ4v) is 2.13. The fraction of sp³-hybridized carbons (Fsp3) is 0.278. The first-order valence-electron chi connectivity index (χ1n) is 6.81. The quantitative estimate of drug-likeness (QED) is 0.783. The predicted molar refractivity (Wildman–Crippen MR) is 81.5 cm³/mol.